The first-order valence-electron chi connectivity index (χ1n) is 18.2. The second-order valence-electron chi connectivity index (χ2n) is 14.2. The summed E-state index contributed by atoms with van der Waals surface area (Å²) >= 11 is 1.33. The highest BCUT2D eigenvalue weighted by atomic mass is 32.1. The van der Waals surface area contributed by atoms with Gasteiger partial charge in [0.1, 0.15) is 22.8 Å². The minimum atomic E-state index is -0.911. The molecule has 1 saturated heterocycles. The number of likely N-dealkylation sites (N-methyl/N-ethyl adjacent to an activating group) is 2. The number of thiazole rings is 1. The number of likely N-dealkylation sites (tertiary alicyclic amines) is 1. The summed E-state index contributed by atoms with van der Waals surface area (Å²) in [5.74, 6) is -2.11. The first kappa shape index (κ1) is 41.1. The minimum absolute atomic E-state index is 0.0532. The van der Waals surface area contributed by atoms with Crippen molar-refractivity contribution in [3.05, 3.63) is 52.0 Å². The van der Waals surface area contributed by atoms with Gasteiger partial charge in [-0.15, -0.1) is 11.3 Å². The minimum Gasteiger partial charge on any atom is -0.481 e. The van der Waals surface area contributed by atoms with Crippen LogP contribution in [0.5, 0.6) is 0 Å². The van der Waals surface area contributed by atoms with Crippen molar-refractivity contribution in [1.82, 2.24) is 25.4 Å². The summed E-state index contributed by atoms with van der Waals surface area (Å²) in [5, 5.41) is 18.0. The standard InChI is InChI=1S/C38H59N5O6S/c1-9-25(5)33(41-35(45)30-18-14-15-19-42(30)7)37(46)43(8)31(24(3)4)22-32(49-10-2)36-40-29(23-50-36)34(44)39-28(20-26(6)38(47)48)21-27-16-12-11-13-17-27/h11-13,16-17,23-26,28,30-33H,9-10,14-15,18-22H2,1-8H3,(H,39,44)(H,41,45)(H,47,48)/t25-,26?,28?,30?,31+,32+,33-/m0/s1. The molecule has 0 saturated carbocycles. The van der Waals surface area contributed by atoms with Crippen LogP contribution in [0.3, 0.4) is 0 Å². The predicted molar refractivity (Wildman–Crippen MR) is 197 cm³/mol. The average Bonchev–Trinajstić information content (AvgIpc) is 3.59. The third-order valence-corrected chi connectivity index (χ3v) is 11.0. The lowest BCUT2D eigenvalue weighted by atomic mass is 9.92. The molecule has 1 aromatic carbocycles. The number of ether oxygens (including phenoxy) is 1. The molecule has 3 amide bonds. The molecule has 50 heavy (non-hydrogen) atoms. The van der Waals surface area contributed by atoms with Crippen LogP contribution in [0.4, 0.5) is 0 Å². The molecule has 0 radical (unpaired) electrons. The summed E-state index contributed by atoms with van der Waals surface area (Å²) in [6.45, 7) is 13.0. The van der Waals surface area contributed by atoms with Gasteiger partial charge in [0.05, 0.1) is 12.0 Å². The largest absolute Gasteiger partial charge is 0.481 e. The van der Waals surface area contributed by atoms with Gasteiger partial charge in [0, 0.05) is 37.5 Å². The molecule has 7 atom stereocenters. The lowest BCUT2D eigenvalue weighted by Gasteiger charge is -2.38. The van der Waals surface area contributed by atoms with Gasteiger partial charge >= 0.3 is 5.97 Å². The lowest BCUT2D eigenvalue weighted by molar-refractivity contribution is -0.141. The van der Waals surface area contributed by atoms with Crippen LogP contribution in [0, 0.1) is 17.8 Å². The van der Waals surface area contributed by atoms with Gasteiger partial charge in [0.2, 0.25) is 11.8 Å². The molecule has 1 fully saturated rings. The number of hydrogen-bond donors (Lipinski definition) is 3. The maximum absolute atomic E-state index is 14.2. The number of aromatic nitrogens is 1. The molecular weight excluding hydrogens is 655 g/mol. The van der Waals surface area contributed by atoms with Crippen molar-refractivity contribution in [2.24, 2.45) is 17.8 Å². The van der Waals surface area contributed by atoms with Crippen LogP contribution in [-0.2, 0) is 25.5 Å². The van der Waals surface area contributed by atoms with E-state index in [1.54, 1.807) is 24.3 Å². The Morgan fingerprint density at radius 1 is 1.06 bits per heavy atom. The molecule has 2 heterocycles. The summed E-state index contributed by atoms with van der Waals surface area (Å²) < 4.78 is 6.19. The molecule has 11 nitrogen and oxygen atoms in total. The number of piperidine rings is 1. The number of carbonyl (C=O) groups is 4. The van der Waals surface area contributed by atoms with Gasteiger partial charge in [0.15, 0.2) is 0 Å². The lowest BCUT2D eigenvalue weighted by Crippen LogP contribution is -2.58. The van der Waals surface area contributed by atoms with Crippen molar-refractivity contribution in [2.45, 2.75) is 117 Å². The maximum Gasteiger partial charge on any atom is 0.306 e. The van der Waals surface area contributed by atoms with E-state index in [4.69, 9.17) is 9.72 Å². The molecule has 3 unspecified atom stereocenters. The molecule has 0 bridgehead atoms. The molecule has 278 valence electrons. The Morgan fingerprint density at radius 2 is 1.76 bits per heavy atom. The van der Waals surface area contributed by atoms with E-state index < -0.39 is 30.1 Å². The van der Waals surface area contributed by atoms with Crippen LogP contribution < -0.4 is 10.6 Å². The fourth-order valence-corrected chi connectivity index (χ4v) is 7.54. The van der Waals surface area contributed by atoms with Crippen molar-refractivity contribution in [3.63, 3.8) is 0 Å². The van der Waals surface area contributed by atoms with Gasteiger partial charge < -0.3 is 25.4 Å². The van der Waals surface area contributed by atoms with Crippen molar-refractivity contribution in [2.75, 3.05) is 27.2 Å². The number of benzene rings is 1. The van der Waals surface area contributed by atoms with Crippen LogP contribution in [0.15, 0.2) is 35.7 Å². The van der Waals surface area contributed by atoms with Gasteiger partial charge in [0.25, 0.3) is 5.91 Å². The van der Waals surface area contributed by atoms with Crippen LogP contribution in [0.25, 0.3) is 0 Å². The summed E-state index contributed by atoms with van der Waals surface area (Å²) in [6, 6.07) is 8.16. The van der Waals surface area contributed by atoms with Crippen molar-refractivity contribution in [3.8, 4) is 0 Å². The smallest absolute Gasteiger partial charge is 0.306 e. The number of carboxylic acid groups (broad SMARTS) is 1. The highest BCUT2D eigenvalue weighted by Gasteiger charge is 2.37. The van der Waals surface area contributed by atoms with E-state index in [2.05, 4.69) is 29.4 Å². The first-order chi connectivity index (χ1) is 23.8. The number of nitrogens with one attached hydrogen (secondary N) is 2. The fourth-order valence-electron chi connectivity index (χ4n) is 6.68. The fraction of sp³-hybridized carbons (Fsp3) is 0.658. The molecule has 3 rings (SSSR count). The number of aliphatic carboxylic acids is 1. The zero-order valence-corrected chi connectivity index (χ0v) is 32.0. The number of rotatable bonds is 19. The van der Waals surface area contributed by atoms with Gasteiger partial charge in [-0.05, 0) is 63.6 Å². The van der Waals surface area contributed by atoms with E-state index >= 15 is 0 Å². The molecule has 1 aromatic heterocycles. The second kappa shape index (κ2) is 19.9. The van der Waals surface area contributed by atoms with E-state index in [0.29, 0.717) is 24.5 Å². The van der Waals surface area contributed by atoms with Crippen molar-refractivity contribution >= 4 is 35.0 Å². The summed E-state index contributed by atoms with van der Waals surface area (Å²) in [6.07, 6.45) is 4.36. The van der Waals surface area contributed by atoms with Crippen molar-refractivity contribution in [1.29, 1.82) is 0 Å². The van der Waals surface area contributed by atoms with E-state index in [1.165, 1.54) is 11.3 Å². The van der Waals surface area contributed by atoms with Gasteiger partial charge in [-0.25, -0.2) is 4.98 Å². The highest BCUT2D eigenvalue weighted by molar-refractivity contribution is 7.09. The third kappa shape index (κ3) is 11.6. The topological polar surface area (TPSA) is 141 Å². The van der Waals surface area contributed by atoms with Gasteiger partial charge in [-0.2, -0.15) is 0 Å². The Morgan fingerprint density at radius 3 is 2.36 bits per heavy atom. The zero-order chi connectivity index (χ0) is 37.0. The van der Waals surface area contributed by atoms with E-state index in [1.807, 2.05) is 58.2 Å². The number of amides is 3. The zero-order valence-electron chi connectivity index (χ0n) is 31.2. The van der Waals surface area contributed by atoms with Crippen LogP contribution >= 0.6 is 11.3 Å². The monoisotopic (exact) mass is 713 g/mol. The molecule has 1 aliphatic rings. The quantitative estimate of drug-likeness (QED) is 0.172. The molecule has 2 aromatic rings. The molecule has 0 spiro atoms. The van der Waals surface area contributed by atoms with Gasteiger partial charge in [-0.1, -0.05) is 77.8 Å². The number of carbonyl (C=O) groups excluding carboxylic acids is 3. The summed E-state index contributed by atoms with van der Waals surface area (Å²) in [5.41, 5.74) is 1.24. The Hall–Kier alpha value is -3.35. The van der Waals surface area contributed by atoms with Crippen LogP contribution in [0.1, 0.15) is 107 Å². The summed E-state index contributed by atoms with van der Waals surface area (Å²) in [7, 11) is 3.77. The molecule has 1 aliphatic heterocycles. The highest BCUT2D eigenvalue weighted by Crippen LogP contribution is 2.31. The number of hydrogen-bond acceptors (Lipinski definition) is 8. The Kier molecular flexibility index (Phi) is 16.3. The van der Waals surface area contributed by atoms with Gasteiger partial charge in [-0.3, -0.25) is 24.1 Å². The molecular formula is C38H59N5O6S. The van der Waals surface area contributed by atoms with Crippen LogP contribution in [-0.4, -0.2) is 95.0 Å². The SMILES string of the molecule is CCO[C@H](C[C@H](C(C)C)N(C)C(=O)[C@@H](NC(=O)C1CCCCN1C)[C@@H](C)CC)c1nc(C(=O)NC(Cc2ccccc2)CC(C)C(=O)O)cs1. The second-order valence-corrected chi connectivity index (χ2v) is 15.1. The maximum atomic E-state index is 14.2. The molecule has 0 aliphatic carbocycles. The van der Waals surface area contributed by atoms with E-state index in [9.17, 15) is 24.3 Å². The third-order valence-electron chi connectivity index (χ3n) is 10.0. The summed E-state index contributed by atoms with van der Waals surface area (Å²) in [4.78, 5) is 61.2. The molecule has 12 heteroatoms. The predicted octanol–water partition coefficient (Wildman–Crippen LogP) is 5.56. The number of carboxylic acids is 1. The Bertz CT molecular complexity index is 1390. The first-order valence-corrected chi connectivity index (χ1v) is 19.1. The van der Waals surface area contributed by atoms with Crippen molar-refractivity contribution < 1.29 is 29.0 Å². The average molecular weight is 714 g/mol. The molecule has 3 N–H and O–H groups in total. The van der Waals surface area contributed by atoms with Crippen LogP contribution in [0.2, 0.25) is 0 Å². The van der Waals surface area contributed by atoms with E-state index in [0.717, 1.165) is 37.8 Å². The van der Waals surface area contributed by atoms with E-state index in [-0.39, 0.29) is 53.8 Å². The number of nitrogens with zero attached hydrogens (tertiary/aromatic N) is 3. The Labute approximate surface area is 302 Å². The Balaban J connectivity index is 1.77. The normalized spacial score (nSPS) is 18.8.